The third kappa shape index (κ3) is 2.78. The number of oxime groups is 1. The van der Waals surface area contributed by atoms with E-state index in [1.54, 1.807) is 24.3 Å². The summed E-state index contributed by atoms with van der Waals surface area (Å²) in [5.74, 6) is -0.844. The fraction of sp³-hybridized carbons (Fsp3) is 0.211. The van der Waals surface area contributed by atoms with Crippen LogP contribution in [-0.4, -0.2) is 37.8 Å². The third-order valence-electron chi connectivity index (χ3n) is 4.66. The minimum atomic E-state index is -1.05. The first-order valence-electron chi connectivity index (χ1n) is 8.25. The molecule has 0 saturated carbocycles. The Hall–Kier alpha value is -2.77. The van der Waals surface area contributed by atoms with Crippen molar-refractivity contribution >= 4 is 46.4 Å². The Morgan fingerprint density at radius 3 is 2.46 bits per heavy atom. The number of carbonyl (C=O) groups is 2. The standard InChI is InChI=1S/C19H14Cl2N2O5/c1-26-10-4-6-14(27-2)11(8-10)16-15-17(28-22-16)19(25)23(18(15)24)9-3-5-12(20)13(21)7-9/h3-8,15,17H,1-2H3/t15-,17+/m1/s1. The van der Waals surface area contributed by atoms with Gasteiger partial charge < -0.3 is 14.3 Å². The van der Waals surface area contributed by atoms with Crippen molar-refractivity contribution in [2.75, 3.05) is 19.1 Å². The monoisotopic (exact) mass is 420 g/mol. The molecule has 2 aromatic carbocycles. The Morgan fingerprint density at radius 1 is 1.00 bits per heavy atom. The number of hydrogen-bond donors (Lipinski definition) is 0. The summed E-state index contributed by atoms with van der Waals surface area (Å²) in [6, 6.07) is 9.64. The molecule has 0 radical (unpaired) electrons. The molecule has 28 heavy (non-hydrogen) atoms. The summed E-state index contributed by atoms with van der Waals surface area (Å²) in [6.07, 6.45) is -1.05. The Bertz CT molecular complexity index is 1020. The molecule has 2 aromatic rings. The van der Waals surface area contributed by atoms with Gasteiger partial charge in [-0.05, 0) is 36.4 Å². The molecule has 0 bridgehead atoms. The van der Waals surface area contributed by atoms with Crippen LogP contribution in [-0.2, 0) is 14.4 Å². The molecule has 4 rings (SSSR count). The number of rotatable bonds is 4. The molecule has 0 aliphatic carbocycles. The molecule has 2 amide bonds. The maximum absolute atomic E-state index is 13.1. The highest BCUT2D eigenvalue weighted by atomic mass is 35.5. The van der Waals surface area contributed by atoms with Crippen LogP contribution in [0, 0.1) is 5.92 Å². The van der Waals surface area contributed by atoms with E-state index in [9.17, 15) is 9.59 Å². The summed E-state index contributed by atoms with van der Waals surface area (Å²) in [5.41, 5.74) is 1.15. The fourth-order valence-corrected chi connectivity index (χ4v) is 3.59. The number of carbonyl (C=O) groups excluding carboxylic acids is 2. The van der Waals surface area contributed by atoms with E-state index in [1.807, 2.05) is 0 Å². The van der Waals surface area contributed by atoms with Gasteiger partial charge in [0.25, 0.3) is 5.91 Å². The number of benzene rings is 2. The number of hydrogen-bond acceptors (Lipinski definition) is 6. The van der Waals surface area contributed by atoms with E-state index in [2.05, 4.69) is 5.16 Å². The molecule has 0 spiro atoms. The van der Waals surface area contributed by atoms with Gasteiger partial charge in [0, 0.05) is 5.56 Å². The number of halogens is 2. The first-order chi connectivity index (χ1) is 13.5. The number of fused-ring (bicyclic) bond motifs is 1. The molecule has 2 aliphatic heterocycles. The van der Waals surface area contributed by atoms with Gasteiger partial charge in [-0.2, -0.15) is 0 Å². The Kier molecular flexibility index (Phi) is 4.64. The van der Waals surface area contributed by atoms with Gasteiger partial charge in [-0.1, -0.05) is 28.4 Å². The summed E-state index contributed by atoms with van der Waals surface area (Å²) in [6.45, 7) is 0. The van der Waals surface area contributed by atoms with Crippen LogP contribution >= 0.6 is 23.2 Å². The van der Waals surface area contributed by atoms with E-state index < -0.39 is 23.8 Å². The van der Waals surface area contributed by atoms with Crippen LogP contribution in [0.2, 0.25) is 10.0 Å². The highest BCUT2D eigenvalue weighted by Gasteiger charge is 2.56. The minimum Gasteiger partial charge on any atom is -0.497 e. The summed E-state index contributed by atoms with van der Waals surface area (Å²) < 4.78 is 10.6. The van der Waals surface area contributed by atoms with Gasteiger partial charge in [-0.15, -0.1) is 0 Å². The van der Waals surface area contributed by atoms with Gasteiger partial charge in [-0.25, -0.2) is 4.90 Å². The van der Waals surface area contributed by atoms with Gasteiger partial charge >= 0.3 is 0 Å². The second kappa shape index (κ2) is 7.00. The summed E-state index contributed by atoms with van der Waals surface area (Å²) in [7, 11) is 3.03. The summed E-state index contributed by atoms with van der Waals surface area (Å²) >= 11 is 12.0. The second-order valence-corrected chi connectivity index (χ2v) is 6.97. The number of methoxy groups -OCH3 is 2. The molecule has 0 aromatic heterocycles. The second-order valence-electron chi connectivity index (χ2n) is 6.16. The Morgan fingerprint density at radius 2 is 1.79 bits per heavy atom. The zero-order valence-electron chi connectivity index (χ0n) is 14.8. The van der Waals surface area contributed by atoms with Crippen molar-refractivity contribution in [3.63, 3.8) is 0 Å². The van der Waals surface area contributed by atoms with Crippen molar-refractivity contribution in [1.82, 2.24) is 0 Å². The quantitative estimate of drug-likeness (QED) is 0.709. The van der Waals surface area contributed by atoms with Gasteiger partial charge in [0.05, 0.1) is 30.0 Å². The van der Waals surface area contributed by atoms with Crippen LogP contribution in [0.1, 0.15) is 5.56 Å². The van der Waals surface area contributed by atoms with E-state index in [0.717, 1.165) is 4.90 Å². The van der Waals surface area contributed by atoms with Crippen molar-refractivity contribution in [3.05, 3.63) is 52.0 Å². The minimum absolute atomic E-state index is 0.237. The SMILES string of the molecule is COc1ccc(OC)c(C2=NO[C@@H]3C(=O)N(c4ccc(Cl)c(Cl)c4)C(=O)[C@H]23)c1. The first-order valence-corrected chi connectivity index (χ1v) is 9.01. The Balaban J connectivity index is 1.74. The largest absolute Gasteiger partial charge is 0.497 e. The summed E-state index contributed by atoms with van der Waals surface area (Å²) in [4.78, 5) is 32.3. The maximum Gasteiger partial charge on any atom is 0.278 e. The van der Waals surface area contributed by atoms with Crippen LogP contribution in [0.5, 0.6) is 11.5 Å². The lowest BCUT2D eigenvalue weighted by Gasteiger charge is -2.16. The van der Waals surface area contributed by atoms with Crippen LogP contribution in [0.3, 0.4) is 0 Å². The molecular formula is C19H14Cl2N2O5. The fourth-order valence-electron chi connectivity index (χ4n) is 3.29. The number of imide groups is 1. The van der Waals surface area contributed by atoms with E-state index in [-0.39, 0.29) is 5.02 Å². The van der Waals surface area contributed by atoms with Crippen LogP contribution in [0.4, 0.5) is 5.69 Å². The zero-order valence-corrected chi connectivity index (χ0v) is 16.3. The van der Waals surface area contributed by atoms with Crippen LogP contribution < -0.4 is 14.4 Å². The molecule has 2 atom stereocenters. The first kappa shape index (κ1) is 18.6. The molecular weight excluding hydrogens is 407 g/mol. The summed E-state index contributed by atoms with van der Waals surface area (Å²) in [5, 5.41) is 4.56. The van der Waals surface area contributed by atoms with E-state index in [0.29, 0.717) is 33.5 Å². The Labute approximate surface area is 170 Å². The number of anilines is 1. The van der Waals surface area contributed by atoms with Gasteiger partial charge in [0.15, 0.2) is 0 Å². The van der Waals surface area contributed by atoms with Gasteiger partial charge in [0.1, 0.15) is 23.1 Å². The normalized spacial score (nSPS) is 20.7. The molecule has 9 heteroatoms. The molecule has 1 saturated heterocycles. The van der Waals surface area contributed by atoms with Crippen molar-refractivity contribution in [2.45, 2.75) is 6.10 Å². The topological polar surface area (TPSA) is 77.4 Å². The zero-order chi connectivity index (χ0) is 20.0. The number of nitrogens with zero attached hydrogens (tertiary/aromatic N) is 2. The predicted molar refractivity (Wildman–Crippen MR) is 103 cm³/mol. The van der Waals surface area contributed by atoms with Gasteiger partial charge in [0.2, 0.25) is 12.0 Å². The van der Waals surface area contributed by atoms with E-state index >= 15 is 0 Å². The van der Waals surface area contributed by atoms with E-state index in [4.69, 9.17) is 37.5 Å². The predicted octanol–water partition coefficient (Wildman–Crippen LogP) is 3.30. The van der Waals surface area contributed by atoms with Crippen LogP contribution in [0.25, 0.3) is 0 Å². The lowest BCUT2D eigenvalue weighted by Crippen LogP contribution is -2.33. The average Bonchev–Trinajstić information content (AvgIpc) is 3.24. The lowest BCUT2D eigenvalue weighted by molar-refractivity contribution is -0.126. The molecule has 7 nitrogen and oxygen atoms in total. The lowest BCUT2D eigenvalue weighted by atomic mass is 9.93. The molecule has 2 aliphatic rings. The molecule has 144 valence electrons. The smallest absolute Gasteiger partial charge is 0.278 e. The number of amides is 2. The highest BCUT2D eigenvalue weighted by molar-refractivity contribution is 6.42. The molecule has 2 heterocycles. The highest BCUT2D eigenvalue weighted by Crippen LogP contribution is 2.39. The van der Waals surface area contributed by atoms with Crippen molar-refractivity contribution in [1.29, 1.82) is 0 Å². The van der Waals surface area contributed by atoms with Gasteiger partial charge in [-0.3, -0.25) is 9.59 Å². The van der Waals surface area contributed by atoms with Crippen LogP contribution in [0.15, 0.2) is 41.6 Å². The molecule has 1 fully saturated rings. The molecule has 0 unspecified atom stereocenters. The van der Waals surface area contributed by atoms with Crippen molar-refractivity contribution in [2.24, 2.45) is 11.1 Å². The molecule has 0 N–H and O–H groups in total. The average molecular weight is 421 g/mol. The third-order valence-corrected chi connectivity index (χ3v) is 5.40. The van der Waals surface area contributed by atoms with Crippen molar-refractivity contribution < 1.29 is 23.9 Å². The van der Waals surface area contributed by atoms with E-state index in [1.165, 1.54) is 26.4 Å². The van der Waals surface area contributed by atoms with Crippen molar-refractivity contribution in [3.8, 4) is 11.5 Å². The number of ether oxygens (including phenoxy) is 2. The maximum atomic E-state index is 13.1.